The molecule has 2 aromatic rings. The van der Waals surface area contributed by atoms with E-state index in [1.54, 1.807) is 24.3 Å². The lowest BCUT2D eigenvalue weighted by Crippen LogP contribution is -2.16. The lowest BCUT2D eigenvalue weighted by atomic mass is 10.3. The van der Waals surface area contributed by atoms with Crippen LogP contribution in [-0.2, 0) is 4.79 Å². The van der Waals surface area contributed by atoms with E-state index in [4.69, 9.17) is 27.9 Å². The minimum atomic E-state index is -0.902. The van der Waals surface area contributed by atoms with Crippen LogP contribution in [0.15, 0.2) is 54.6 Å². The molecule has 1 saturated carbocycles. The predicted octanol–water partition coefficient (Wildman–Crippen LogP) is 4.61. The van der Waals surface area contributed by atoms with Gasteiger partial charge in [0.2, 0.25) is 5.91 Å². The minimum absolute atomic E-state index is 0.156. The molecule has 0 aliphatic heterocycles. The Kier molecular flexibility index (Phi) is 3.79. The summed E-state index contributed by atoms with van der Waals surface area (Å²) in [6.07, 6.45) is 0.497. The molecule has 0 saturated heterocycles. The van der Waals surface area contributed by atoms with Crippen molar-refractivity contribution in [3.8, 4) is 11.5 Å². The fourth-order valence-electron chi connectivity index (χ4n) is 1.96. The fourth-order valence-corrected chi connectivity index (χ4v) is 2.46. The Morgan fingerprint density at radius 2 is 1.62 bits per heavy atom. The summed E-state index contributed by atoms with van der Waals surface area (Å²) in [4.78, 5) is 11.9. The number of anilines is 1. The summed E-state index contributed by atoms with van der Waals surface area (Å²) in [6, 6.07) is 16.7. The number of carbonyl (C=O) groups is 1. The molecule has 1 fully saturated rings. The lowest BCUT2D eigenvalue weighted by Gasteiger charge is -2.08. The van der Waals surface area contributed by atoms with Crippen LogP contribution in [0.2, 0.25) is 0 Å². The Labute approximate surface area is 132 Å². The number of alkyl halides is 2. The molecule has 0 bridgehead atoms. The zero-order valence-corrected chi connectivity index (χ0v) is 12.6. The van der Waals surface area contributed by atoms with Crippen molar-refractivity contribution in [1.82, 2.24) is 0 Å². The number of para-hydroxylation sites is 1. The minimum Gasteiger partial charge on any atom is -0.457 e. The molecule has 1 aliphatic carbocycles. The standard InChI is InChI=1S/C16H13Cl2NO2/c17-16(18)10-14(16)15(20)19-11-6-8-13(9-7-11)21-12-4-2-1-3-5-12/h1-9,14H,10H2,(H,19,20). The van der Waals surface area contributed by atoms with Crippen molar-refractivity contribution in [2.45, 2.75) is 10.8 Å². The average Bonchev–Trinajstić information content (AvgIpc) is 3.11. The molecule has 1 unspecified atom stereocenters. The summed E-state index contributed by atoms with van der Waals surface area (Å²) in [5, 5.41) is 2.79. The van der Waals surface area contributed by atoms with Gasteiger partial charge in [0.25, 0.3) is 0 Å². The number of ether oxygens (including phenoxy) is 1. The molecule has 1 amide bonds. The van der Waals surface area contributed by atoms with Gasteiger partial charge in [-0.1, -0.05) is 18.2 Å². The van der Waals surface area contributed by atoms with Gasteiger partial charge in [0.1, 0.15) is 15.8 Å². The molecule has 5 heteroatoms. The molecule has 3 nitrogen and oxygen atoms in total. The van der Waals surface area contributed by atoms with Gasteiger partial charge in [-0.25, -0.2) is 0 Å². The summed E-state index contributed by atoms with van der Waals surface area (Å²) in [5.41, 5.74) is 0.691. The highest BCUT2D eigenvalue weighted by Crippen LogP contribution is 2.53. The quantitative estimate of drug-likeness (QED) is 0.835. The molecule has 21 heavy (non-hydrogen) atoms. The Balaban J connectivity index is 1.61. The van der Waals surface area contributed by atoms with Crippen molar-refractivity contribution in [3.63, 3.8) is 0 Å². The van der Waals surface area contributed by atoms with E-state index in [2.05, 4.69) is 5.32 Å². The first-order valence-electron chi connectivity index (χ1n) is 6.56. The monoisotopic (exact) mass is 321 g/mol. The van der Waals surface area contributed by atoms with Gasteiger partial charge in [0, 0.05) is 5.69 Å². The fraction of sp³-hybridized carbons (Fsp3) is 0.188. The number of hydrogen-bond donors (Lipinski definition) is 1. The first-order valence-corrected chi connectivity index (χ1v) is 7.32. The highest BCUT2D eigenvalue weighted by atomic mass is 35.5. The number of amides is 1. The van der Waals surface area contributed by atoms with Crippen molar-refractivity contribution >= 4 is 34.8 Å². The number of nitrogens with one attached hydrogen (secondary N) is 1. The zero-order chi connectivity index (χ0) is 14.9. The maximum Gasteiger partial charge on any atom is 0.230 e. The van der Waals surface area contributed by atoms with Crippen LogP contribution in [0, 0.1) is 5.92 Å². The third-order valence-electron chi connectivity index (χ3n) is 3.24. The Hall–Kier alpha value is -1.71. The van der Waals surface area contributed by atoms with Crippen LogP contribution in [-0.4, -0.2) is 10.2 Å². The first-order chi connectivity index (χ1) is 10.0. The largest absolute Gasteiger partial charge is 0.457 e. The molecular formula is C16H13Cl2NO2. The zero-order valence-electron chi connectivity index (χ0n) is 11.1. The molecular weight excluding hydrogens is 309 g/mol. The maximum atomic E-state index is 11.9. The van der Waals surface area contributed by atoms with Crippen molar-refractivity contribution in [2.24, 2.45) is 5.92 Å². The Bertz CT molecular complexity index is 641. The van der Waals surface area contributed by atoms with E-state index in [1.807, 2.05) is 30.3 Å². The van der Waals surface area contributed by atoms with Crippen molar-refractivity contribution in [3.05, 3.63) is 54.6 Å². The van der Waals surface area contributed by atoms with E-state index in [0.717, 1.165) is 5.75 Å². The summed E-state index contributed by atoms with van der Waals surface area (Å²) in [6.45, 7) is 0. The SMILES string of the molecule is O=C(Nc1ccc(Oc2ccccc2)cc1)C1CC1(Cl)Cl. The van der Waals surface area contributed by atoms with E-state index >= 15 is 0 Å². The second-order valence-corrected chi connectivity index (χ2v) is 6.49. The molecule has 0 spiro atoms. The van der Waals surface area contributed by atoms with Crippen LogP contribution in [0.4, 0.5) is 5.69 Å². The molecule has 2 aromatic carbocycles. The molecule has 3 rings (SSSR count). The van der Waals surface area contributed by atoms with Crippen LogP contribution in [0.25, 0.3) is 0 Å². The summed E-state index contributed by atoms with van der Waals surface area (Å²) in [7, 11) is 0. The third-order valence-corrected chi connectivity index (χ3v) is 4.08. The van der Waals surface area contributed by atoms with Gasteiger partial charge in [-0.3, -0.25) is 4.79 Å². The smallest absolute Gasteiger partial charge is 0.230 e. The van der Waals surface area contributed by atoms with Crippen LogP contribution < -0.4 is 10.1 Å². The number of halogens is 2. The lowest BCUT2D eigenvalue weighted by molar-refractivity contribution is -0.117. The van der Waals surface area contributed by atoms with Gasteiger partial charge in [-0.15, -0.1) is 23.2 Å². The van der Waals surface area contributed by atoms with Crippen LogP contribution >= 0.6 is 23.2 Å². The molecule has 1 aliphatic rings. The molecule has 1 N–H and O–H groups in total. The summed E-state index contributed by atoms with van der Waals surface area (Å²) in [5.74, 6) is 0.980. The Morgan fingerprint density at radius 1 is 1.05 bits per heavy atom. The summed E-state index contributed by atoms with van der Waals surface area (Å²) >= 11 is 11.7. The topological polar surface area (TPSA) is 38.3 Å². The van der Waals surface area contributed by atoms with Gasteiger partial charge in [-0.05, 0) is 42.8 Å². The molecule has 1 atom stereocenters. The van der Waals surface area contributed by atoms with Crippen molar-refractivity contribution in [2.75, 3.05) is 5.32 Å². The highest BCUT2D eigenvalue weighted by Gasteiger charge is 2.56. The second-order valence-electron chi connectivity index (χ2n) is 4.95. The van der Waals surface area contributed by atoms with Crippen LogP contribution in [0.5, 0.6) is 11.5 Å². The normalized spacial score (nSPS) is 18.9. The predicted molar refractivity (Wildman–Crippen MR) is 84.1 cm³/mol. The highest BCUT2D eigenvalue weighted by molar-refractivity contribution is 6.52. The van der Waals surface area contributed by atoms with E-state index in [0.29, 0.717) is 17.9 Å². The second kappa shape index (κ2) is 5.58. The van der Waals surface area contributed by atoms with Gasteiger partial charge >= 0.3 is 0 Å². The number of hydrogen-bond acceptors (Lipinski definition) is 2. The maximum absolute atomic E-state index is 11.9. The van der Waals surface area contributed by atoms with E-state index in [1.165, 1.54) is 0 Å². The molecule has 0 heterocycles. The van der Waals surface area contributed by atoms with Crippen molar-refractivity contribution < 1.29 is 9.53 Å². The van der Waals surface area contributed by atoms with Crippen LogP contribution in [0.1, 0.15) is 6.42 Å². The van der Waals surface area contributed by atoms with Crippen molar-refractivity contribution in [1.29, 1.82) is 0 Å². The number of benzene rings is 2. The van der Waals surface area contributed by atoms with Gasteiger partial charge in [0.15, 0.2) is 0 Å². The summed E-state index contributed by atoms with van der Waals surface area (Å²) < 4.78 is 4.77. The molecule has 108 valence electrons. The third kappa shape index (κ3) is 3.49. The molecule has 0 radical (unpaired) electrons. The number of rotatable bonds is 4. The van der Waals surface area contributed by atoms with Gasteiger partial charge in [-0.2, -0.15) is 0 Å². The van der Waals surface area contributed by atoms with E-state index in [9.17, 15) is 4.79 Å². The first kappa shape index (κ1) is 14.2. The van der Waals surface area contributed by atoms with Gasteiger partial charge in [0.05, 0.1) is 5.92 Å². The van der Waals surface area contributed by atoms with Gasteiger partial charge < -0.3 is 10.1 Å². The van der Waals surface area contributed by atoms with Crippen LogP contribution in [0.3, 0.4) is 0 Å². The Morgan fingerprint density at radius 3 is 2.19 bits per heavy atom. The average molecular weight is 322 g/mol. The van der Waals surface area contributed by atoms with E-state index in [-0.39, 0.29) is 11.8 Å². The van der Waals surface area contributed by atoms with E-state index < -0.39 is 4.33 Å². The number of carbonyl (C=O) groups excluding carboxylic acids is 1. The molecule has 0 aromatic heterocycles.